The molecule has 30 heavy (non-hydrogen) atoms. The largest absolute Gasteiger partial charge is 0.336 e. The van der Waals surface area contributed by atoms with E-state index in [1.807, 2.05) is 45.0 Å². The topological polar surface area (TPSA) is 83.3 Å². The third kappa shape index (κ3) is 5.42. The molecule has 0 spiro atoms. The first kappa shape index (κ1) is 21.4. The highest BCUT2D eigenvalue weighted by Crippen LogP contribution is 2.22. The van der Waals surface area contributed by atoms with Crippen LogP contribution in [-0.4, -0.2) is 41.7 Å². The first-order chi connectivity index (χ1) is 14.3. The van der Waals surface area contributed by atoms with Crippen LogP contribution in [0.15, 0.2) is 53.1 Å². The van der Waals surface area contributed by atoms with Gasteiger partial charge in [0.1, 0.15) is 5.82 Å². The Morgan fingerprint density at radius 1 is 1.10 bits per heavy atom. The first-order valence-corrected chi connectivity index (χ1v) is 9.74. The Balaban J connectivity index is 1.58. The van der Waals surface area contributed by atoms with Crippen molar-refractivity contribution in [3.8, 4) is 11.5 Å². The van der Waals surface area contributed by atoms with Crippen LogP contribution in [0, 0.1) is 5.82 Å². The van der Waals surface area contributed by atoms with Gasteiger partial charge in [-0.25, -0.2) is 9.18 Å². The van der Waals surface area contributed by atoms with E-state index in [1.165, 1.54) is 12.1 Å². The highest BCUT2D eigenvalue weighted by molar-refractivity contribution is 5.89. The van der Waals surface area contributed by atoms with Gasteiger partial charge in [0, 0.05) is 23.7 Å². The maximum Gasteiger partial charge on any atom is 0.319 e. The molecule has 0 saturated carbocycles. The normalized spacial score (nSPS) is 12.2. The van der Waals surface area contributed by atoms with Gasteiger partial charge in [0.05, 0.1) is 6.04 Å². The summed E-state index contributed by atoms with van der Waals surface area (Å²) in [5.41, 5.74) is 2.35. The van der Waals surface area contributed by atoms with Crippen LogP contribution in [0.3, 0.4) is 0 Å². The molecule has 0 bridgehead atoms. The monoisotopic (exact) mass is 411 g/mol. The molecule has 158 valence electrons. The number of halogens is 1. The van der Waals surface area contributed by atoms with Gasteiger partial charge in [0.2, 0.25) is 0 Å². The van der Waals surface area contributed by atoms with Crippen LogP contribution in [0.5, 0.6) is 0 Å². The summed E-state index contributed by atoms with van der Waals surface area (Å²) in [6.07, 6.45) is 0. The van der Waals surface area contributed by atoms with Gasteiger partial charge >= 0.3 is 6.03 Å². The molecule has 8 heteroatoms. The molecule has 0 saturated heterocycles. The molecule has 3 rings (SSSR count). The Morgan fingerprint density at radius 2 is 1.77 bits per heavy atom. The van der Waals surface area contributed by atoms with Crippen LogP contribution in [0.2, 0.25) is 0 Å². The minimum Gasteiger partial charge on any atom is -0.336 e. The molecule has 1 unspecified atom stereocenters. The number of rotatable bonds is 7. The maximum absolute atomic E-state index is 13.2. The Kier molecular flexibility index (Phi) is 6.79. The van der Waals surface area contributed by atoms with Crippen LogP contribution < -0.4 is 10.6 Å². The van der Waals surface area contributed by atoms with E-state index in [2.05, 4.69) is 20.8 Å². The van der Waals surface area contributed by atoms with Gasteiger partial charge < -0.3 is 20.1 Å². The number of benzene rings is 2. The molecule has 1 heterocycles. The summed E-state index contributed by atoms with van der Waals surface area (Å²) in [4.78, 5) is 18.7. The molecule has 1 atom stereocenters. The molecular formula is C22H26FN5O2. The number of likely N-dealkylation sites (N-methyl/N-ethyl adjacent to an activating group) is 1. The second-order valence-corrected chi connectivity index (χ2v) is 7.56. The number of urea groups is 1. The maximum atomic E-state index is 13.2. The quantitative estimate of drug-likeness (QED) is 0.601. The summed E-state index contributed by atoms with van der Waals surface area (Å²) in [6, 6.07) is 13.1. The van der Waals surface area contributed by atoms with Crippen molar-refractivity contribution in [1.82, 2.24) is 20.4 Å². The SMILES string of the molecule is CC(C)c1noc(-c2ccc(NC(=O)NCC(c3ccc(F)cc3)N(C)C)cc2)n1. The lowest BCUT2D eigenvalue weighted by Gasteiger charge is -2.25. The molecule has 2 amide bonds. The Morgan fingerprint density at radius 3 is 2.33 bits per heavy atom. The van der Waals surface area contributed by atoms with Gasteiger partial charge in [0.15, 0.2) is 5.82 Å². The predicted molar refractivity (Wildman–Crippen MR) is 114 cm³/mol. The molecule has 7 nitrogen and oxygen atoms in total. The van der Waals surface area contributed by atoms with Crippen molar-refractivity contribution in [2.75, 3.05) is 26.0 Å². The van der Waals surface area contributed by atoms with E-state index in [0.717, 1.165) is 11.1 Å². The molecular weight excluding hydrogens is 385 g/mol. The van der Waals surface area contributed by atoms with Crippen molar-refractivity contribution in [3.63, 3.8) is 0 Å². The van der Waals surface area contributed by atoms with Gasteiger partial charge in [-0.3, -0.25) is 0 Å². The summed E-state index contributed by atoms with van der Waals surface area (Å²) >= 11 is 0. The van der Waals surface area contributed by atoms with Crippen molar-refractivity contribution < 1.29 is 13.7 Å². The standard InChI is InChI=1S/C22H26FN5O2/c1-14(2)20-26-21(30-27-20)16-7-11-18(12-8-16)25-22(29)24-13-19(28(3)4)15-5-9-17(23)10-6-15/h5-12,14,19H,13H2,1-4H3,(H2,24,25,29). The fourth-order valence-electron chi connectivity index (χ4n) is 2.93. The van der Waals surface area contributed by atoms with Crippen LogP contribution in [0.1, 0.15) is 37.2 Å². The lowest BCUT2D eigenvalue weighted by molar-refractivity contribution is 0.243. The second kappa shape index (κ2) is 9.49. The van der Waals surface area contributed by atoms with E-state index in [-0.39, 0.29) is 23.8 Å². The lowest BCUT2D eigenvalue weighted by atomic mass is 10.1. The Bertz CT molecular complexity index is 968. The van der Waals surface area contributed by atoms with Crippen LogP contribution in [-0.2, 0) is 0 Å². The van der Waals surface area contributed by atoms with Crippen LogP contribution in [0.4, 0.5) is 14.9 Å². The predicted octanol–water partition coefficient (Wildman–Crippen LogP) is 4.42. The van der Waals surface area contributed by atoms with Gasteiger partial charge in [0.25, 0.3) is 5.89 Å². The highest BCUT2D eigenvalue weighted by Gasteiger charge is 2.16. The van der Waals surface area contributed by atoms with Gasteiger partial charge in [-0.1, -0.05) is 31.1 Å². The summed E-state index contributed by atoms with van der Waals surface area (Å²) in [6.45, 7) is 4.37. The third-order valence-electron chi connectivity index (χ3n) is 4.68. The number of hydrogen-bond acceptors (Lipinski definition) is 5. The van der Waals surface area contributed by atoms with Gasteiger partial charge in [-0.05, 0) is 56.1 Å². The number of nitrogens with one attached hydrogen (secondary N) is 2. The highest BCUT2D eigenvalue weighted by atomic mass is 19.1. The number of hydrogen-bond donors (Lipinski definition) is 2. The van der Waals surface area contributed by atoms with E-state index in [0.29, 0.717) is 23.9 Å². The molecule has 0 aliphatic heterocycles. The van der Waals surface area contributed by atoms with Crippen molar-refractivity contribution >= 4 is 11.7 Å². The molecule has 0 fully saturated rings. The smallest absolute Gasteiger partial charge is 0.319 e. The zero-order valence-corrected chi connectivity index (χ0v) is 17.5. The Hall–Kier alpha value is -3.26. The van der Waals surface area contributed by atoms with E-state index in [1.54, 1.807) is 24.3 Å². The minimum absolute atomic E-state index is 0.0774. The number of aromatic nitrogens is 2. The lowest BCUT2D eigenvalue weighted by Crippen LogP contribution is -2.36. The summed E-state index contributed by atoms with van der Waals surface area (Å²) < 4.78 is 18.5. The fraction of sp³-hybridized carbons (Fsp3) is 0.318. The van der Waals surface area contributed by atoms with Crippen molar-refractivity contribution in [2.24, 2.45) is 0 Å². The number of nitrogens with zero attached hydrogens (tertiary/aromatic N) is 3. The summed E-state index contributed by atoms with van der Waals surface area (Å²) in [7, 11) is 3.82. The zero-order chi connectivity index (χ0) is 21.7. The van der Waals surface area contributed by atoms with Crippen LogP contribution in [0.25, 0.3) is 11.5 Å². The van der Waals surface area contributed by atoms with Crippen LogP contribution >= 0.6 is 0 Å². The van der Waals surface area contributed by atoms with Crippen molar-refractivity contribution in [1.29, 1.82) is 0 Å². The van der Waals surface area contributed by atoms with E-state index < -0.39 is 0 Å². The first-order valence-electron chi connectivity index (χ1n) is 9.74. The fourth-order valence-corrected chi connectivity index (χ4v) is 2.93. The number of carbonyl (C=O) groups is 1. The summed E-state index contributed by atoms with van der Waals surface area (Å²) in [5.74, 6) is 1.01. The minimum atomic E-state index is -0.323. The van der Waals surface area contributed by atoms with Crippen molar-refractivity contribution in [2.45, 2.75) is 25.8 Å². The van der Waals surface area contributed by atoms with E-state index >= 15 is 0 Å². The molecule has 0 aliphatic carbocycles. The van der Waals surface area contributed by atoms with Gasteiger partial charge in [-0.2, -0.15) is 4.98 Å². The molecule has 0 radical (unpaired) electrons. The molecule has 0 aliphatic rings. The van der Waals surface area contributed by atoms with E-state index in [9.17, 15) is 9.18 Å². The second-order valence-electron chi connectivity index (χ2n) is 7.56. The molecule has 2 aromatic carbocycles. The Labute approximate surface area is 175 Å². The average molecular weight is 411 g/mol. The number of carbonyl (C=O) groups excluding carboxylic acids is 1. The van der Waals surface area contributed by atoms with E-state index in [4.69, 9.17) is 4.52 Å². The summed E-state index contributed by atoms with van der Waals surface area (Å²) in [5, 5.41) is 9.62. The molecule has 1 aromatic heterocycles. The van der Waals surface area contributed by atoms with Crippen molar-refractivity contribution in [3.05, 3.63) is 65.7 Å². The number of amides is 2. The third-order valence-corrected chi connectivity index (χ3v) is 4.68. The zero-order valence-electron chi connectivity index (χ0n) is 17.5. The average Bonchev–Trinajstić information content (AvgIpc) is 3.20. The molecule has 2 N–H and O–H groups in total. The van der Waals surface area contributed by atoms with Gasteiger partial charge in [-0.15, -0.1) is 0 Å². The number of anilines is 1. The molecule has 3 aromatic rings.